The minimum absolute atomic E-state index is 0.307. The fraction of sp³-hybridized carbons (Fsp3) is 1.00. The van der Waals surface area contributed by atoms with Crippen LogP contribution < -0.4 is 0 Å². The van der Waals surface area contributed by atoms with Gasteiger partial charge >= 0.3 is 0 Å². The van der Waals surface area contributed by atoms with E-state index < -0.39 is 0 Å². The van der Waals surface area contributed by atoms with E-state index in [1.807, 2.05) is 0 Å². The number of likely N-dealkylation sites (tertiary alicyclic amines) is 1. The Bertz CT molecular complexity index is 361. The Hall–Kier alpha value is -0.160. The summed E-state index contributed by atoms with van der Waals surface area (Å²) in [6.45, 7) is 8.56. The van der Waals surface area contributed by atoms with Gasteiger partial charge in [-0.25, -0.2) is 0 Å². The van der Waals surface area contributed by atoms with E-state index in [9.17, 15) is 0 Å². The first-order valence-electron chi connectivity index (χ1n) is 9.65. The van der Waals surface area contributed by atoms with E-state index in [4.69, 9.17) is 5.11 Å². The molecule has 0 aromatic rings. The third kappa shape index (κ3) is 3.08. The number of piperidine rings is 1. The molecule has 4 nitrogen and oxygen atoms in total. The molecule has 2 bridgehead atoms. The van der Waals surface area contributed by atoms with Gasteiger partial charge in [-0.2, -0.15) is 0 Å². The summed E-state index contributed by atoms with van der Waals surface area (Å²) >= 11 is 0. The van der Waals surface area contributed by atoms with E-state index in [1.54, 1.807) is 0 Å². The number of hydrogen-bond donors (Lipinski definition) is 1. The molecular formula is C18H33N3O. The van der Waals surface area contributed by atoms with E-state index in [0.717, 1.165) is 43.6 Å². The molecule has 2 saturated heterocycles. The maximum absolute atomic E-state index is 9.05. The van der Waals surface area contributed by atoms with Crippen LogP contribution in [-0.4, -0.2) is 84.3 Å². The Morgan fingerprint density at radius 1 is 0.773 bits per heavy atom. The summed E-state index contributed by atoms with van der Waals surface area (Å²) in [6, 6.07) is 1.77. The summed E-state index contributed by atoms with van der Waals surface area (Å²) in [6.07, 6.45) is 8.85. The second kappa shape index (κ2) is 6.76. The molecule has 2 aliphatic heterocycles. The van der Waals surface area contributed by atoms with Crippen LogP contribution in [0.1, 0.15) is 38.5 Å². The zero-order chi connectivity index (χ0) is 14.9. The second-order valence-corrected chi connectivity index (χ2v) is 8.11. The first-order valence-corrected chi connectivity index (χ1v) is 9.65. The number of fused-ring (bicyclic) bond motifs is 2. The molecule has 2 saturated carbocycles. The fourth-order valence-corrected chi connectivity index (χ4v) is 5.73. The van der Waals surface area contributed by atoms with Crippen molar-refractivity contribution in [2.24, 2.45) is 11.8 Å². The maximum atomic E-state index is 9.05. The zero-order valence-electron chi connectivity index (χ0n) is 14.0. The number of rotatable bonds is 4. The summed E-state index contributed by atoms with van der Waals surface area (Å²) in [5, 5.41) is 9.05. The standard InChI is InChI=1S/C18H33N3O/c22-12-11-19-7-9-20(10-8-19)17-3-5-21(6-4-17)18-14-15-1-2-16(18)13-15/h15-18,22H,1-14H2/t15-,16-,18+/m0/s1. The predicted octanol–water partition coefficient (Wildman–Crippen LogP) is 1.25. The van der Waals surface area contributed by atoms with Crippen LogP contribution in [0.5, 0.6) is 0 Å². The molecule has 2 heterocycles. The highest BCUT2D eigenvalue weighted by molar-refractivity contribution is 4.97. The molecule has 4 rings (SSSR count). The van der Waals surface area contributed by atoms with Crippen molar-refractivity contribution in [2.75, 3.05) is 52.4 Å². The Kier molecular flexibility index (Phi) is 4.72. The van der Waals surface area contributed by atoms with Crippen molar-refractivity contribution in [1.82, 2.24) is 14.7 Å². The monoisotopic (exact) mass is 307 g/mol. The largest absolute Gasteiger partial charge is 0.395 e. The van der Waals surface area contributed by atoms with E-state index in [2.05, 4.69) is 14.7 Å². The quantitative estimate of drug-likeness (QED) is 0.847. The molecule has 126 valence electrons. The second-order valence-electron chi connectivity index (χ2n) is 8.11. The smallest absolute Gasteiger partial charge is 0.0558 e. The third-order valence-corrected chi connectivity index (χ3v) is 7.01. The van der Waals surface area contributed by atoms with Gasteiger partial charge < -0.3 is 5.11 Å². The third-order valence-electron chi connectivity index (χ3n) is 7.01. The van der Waals surface area contributed by atoms with E-state index in [1.165, 1.54) is 64.7 Å². The number of piperazine rings is 1. The van der Waals surface area contributed by atoms with E-state index in [-0.39, 0.29) is 0 Å². The van der Waals surface area contributed by atoms with Crippen molar-refractivity contribution >= 4 is 0 Å². The van der Waals surface area contributed by atoms with Gasteiger partial charge in [0, 0.05) is 44.8 Å². The molecule has 4 heteroatoms. The molecule has 1 N–H and O–H groups in total. The number of nitrogens with zero attached hydrogens (tertiary/aromatic N) is 3. The molecule has 4 fully saturated rings. The summed E-state index contributed by atoms with van der Waals surface area (Å²) in [5.41, 5.74) is 0. The number of hydrogen-bond acceptors (Lipinski definition) is 4. The minimum atomic E-state index is 0.307. The van der Waals surface area contributed by atoms with Gasteiger partial charge in [0.15, 0.2) is 0 Å². The Balaban J connectivity index is 1.23. The normalized spacial score (nSPS) is 38.9. The summed E-state index contributed by atoms with van der Waals surface area (Å²) in [5.74, 6) is 2.12. The van der Waals surface area contributed by atoms with Gasteiger partial charge in [0.1, 0.15) is 0 Å². The summed E-state index contributed by atoms with van der Waals surface area (Å²) in [7, 11) is 0. The lowest BCUT2D eigenvalue weighted by atomic mass is 9.91. The first kappa shape index (κ1) is 15.4. The first-order chi connectivity index (χ1) is 10.8. The molecule has 0 amide bonds. The number of aliphatic hydroxyl groups is 1. The van der Waals surface area contributed by atoms with E-state index in [0.29, 0.717) is 6.61 Å². The highest BCUT2D eigenvalue weighted by Gasteiger charge is 2.43. The molecule has 0 radical (unpaired) electrons. The lowest BCUT2D eigenvalue weighted by Gasteiger charge is -2.45. The Morgan fingerprint density at radius 3 is 2.14 bits per heavy atom. The van der Waals surface area contributed by atoms with Crippen molar-refractivity contribution in [2.45, 2.75) is 50.6 Å². The van der Waals surface area contributed by atoms with E-state index >= 15 is 0 Å². The molecule has 0 aromatic heterocycles. The van der Waals surface area contributed by atoms with Crippen molar-refractivity contribution < 1.29 is 5.11 Å². The Labute approximate surface area is 135 Å². The van der Waals surface area contributed by atoms with Gasteiger partial charge in [-0.1, -0.05) is 6.42 Å². The van der Waals surface area contributed by atoms with Crippen LogP contribution in [0.15, 0.2) is 0 Å². The van der Waals surface area contributed by atoms with Crippen LogP contribution in [0.4, 0.5) is 0 Å². The molecule has 22 heavy (non-hydrogen) atoms. The van der Waals surface area contributed by atoms with Crippen LogP contribution in [0.2, 0.25) is 0 Å². The molecule has 2 aliphatic carbocycles. The fourth-order valence-electron chi connectivity index (χ4n) is 5.73. The SMILES string of the molecule is OCCN1CCN(C2CCN([C@@H]3C[C@H]4CC[C@H]3C4)CC2)CC1. The highest BCUT2D eigenvalue weighted by atomic mass is 16.3. The van der Waals surface area contributed by atoms with Crippen LogP contribution in [-0.2, 0) is 0 Å². The molecule has 4 aliphatic rings. The summed E-state index contributed by atoms with van der Waals surface area (Å²) in [4.78, 5) is 7.98. The maximum Gasteiger partial charge on any atom is 0.0558 e. The number of β-amino-alcohol motifs (C(OH)–C–C–N with tert-alkyl or cyclic N) is 1. The highest BCUT2D eigenvalue weighted by Crippen LogP contribution is 2.47. The summed E-state index contributed by atoms with van der Waals surface area (Å²) < 4.78 is 0. The lowest BCUT2D eigenvalue weighted by molar-refractivity contribution is 0.0345. The number of aliphatic hydroxyl groups excluding tert-OH is 1. The van der Waals surface area contributed by atoms with Crippen molar-refractivity contribution in [1.29, 1.82) is 0 Å². The van der Waals surface area contributed by atoms with Gasteiger partial charge in [-0.3, -0.25) is 14.7 Å². The van der Waals surface area contributed by atoms with Gasteiger partial charge in [0.25, 0.3) is 0 Å². The van der Waals surface area contributed by atoms with Crippen molar-refractivity contribution in [3.05, 3.63) is 0 Å². The Morgan fingerprint density at radius 2 is 1.55 bits per heavy atom. The average molecular weight is 307 g/mol. The van der Waals surface area contributed by atoms with Crippen molar-refractivity contribution in [3.8, 4) is 0 Å². The van der Waals surface area contributed by atoms with Crippen LogP contribution in [0.25, 0.3) is 0 Å². The van der Waals surface area contributed by atoms with Crippen LogP contribution >= 0.6 is 0 Å². The average Bonchev–Trinajstić information content (AvgIpc) is 3.19. The van der Waals surface area contributed by atoms with Crippen LogP contribution in [0.3, 0.4) is 0 Å². The molecular weight excluding hydrogens is 274 g/mol. The van der Waals surface area contributed by atoms with Gasteiger partial charge in [-0.05, 0) is 57.0 Å². The molecule has 3 atom stereocenters. The minimum Gasteiger partial charge on any atom is -0.395 e. The van der Waals surface area contributed by atoms with Gasteiger partial charge in [-0.15, -0.1) is 0 Å². The van der Waals surface area contributed by atoms with Gasteiger partial charge in [0.05, 0.1) is 6.61 Å². The van der Waals surface area contributed by atoms with Crippen molar-refractivity contribution in [3.63, 3.8) is 0 Å². The van der Waals surface area contributed by atoms with Gasteiger partial charge in [0.2, 0.25) is 0 Å². The molecule has 0 aromatic carbocycles. The lowest BCUT2D eigenvalue weighted by Crippen LogP contribution is -2.54. The predicted molar refractivity (Wildman–Crippen MR) is 88.9 cm³/mol. The topological polar surface area (TPSA) is 30.0 Å². The molecule has 0 spiro atoms. The van der Waals surface area contributed by atoms with Crippen LogP contribution in [0, 0.1) is 11.8 Å². The zero-order valence-corrected chi connectivity index (χ0v) is 14.0. The molecule has 0 unspecified atom stereocenters.